The lowest BCUT2D eigenvalue weighted by Crippen LogP contribution is -2.51. The van der Waals surface area contributed by atoms with Gasteiger partial charge in [-0.2, -0.15) is 0 Å². The molecule has 0 saturated heterocycles. The van der Waals surface area contributed by atoms with E-state index in [2.05, 4.69) is 5.32 Å². The number of aliphatic carboxylic acids is 1. The summed E-state index contributed by atoms with van der Waals surface area (Å²) in [6.07, 6.45) is -0.788. The van der Waals surface area contributed by atoms with Gasteiger partial charge in [0.1, 0.15) is 12.6 Å². The molecular weight excluding hydrogens is 440 g/mol. The second-order valence-electron chi connectivity index (χ2n) is 8.95. The largest absolute Gasteiger partial charge is 0.479 e. The highest BCUT2D eigenvalue weighted by atomic mass is 16.7. The Bertz CT molecular complexity index is 1000. The molecule has 2 amide bonds. The van der Waals surface area contributed by atoms with Gasteiger partial charge in [-0.3, -0.25) is 9.63 Å². The molecular formula is C25H30N2O7. The molecule has 2 N–H and O–H groups in total. The summed E-state index contributed by atoms with van der Waals surface area (Å²) < 4.78 is 11.2. The average molecular weight is 471 g/mol. The fourth-order valence-corrected chi connectivity index (χ4v) is 3.73. The second-order valence-corrected chi connectivity index (χ2v) is 8.95. The Morgan fingerprint density at radius 3 is 2.12 bits per heavy atom. The molecule has 1 atom stereocenters. The van der Waals surface area contributed by atoms with E-state index >= 15 is 0 Å². The Morgan fingerprint density at radius 1 is 1.03 bits per heavy atom. The van der Waals surface area contributed by atoms with E-state index in [1.165, 1.54) is 7.05 Å². The highest BCUT2D eigenvalue weighted by molar-refractivity contribution is 5.85. The van der Waals surface area contributed by atoms with Gasteiger partial charge in [0, 0.05) is 13.0 Å². The van der Waals surface area contributed by atoms with Crippen LogP contribution in [0.15, 0.2) is 48.5 Å². The molecule has 9 nitrogen and oxygen atoms in total. The number of carbonyl (C=O) groups is 3. The summed E-state index contributed by atoms with van der Waals surface area (Å²) >= 11 is 0. The van der Waals surface area contributed by atoms with Crippen molar-refractivity contribution in [2.75, 3.05) is 26.9 Å². The number of rotatable bonds is 9. The quantitative estimate of drug-likeness (QED) is 0.541. The van der Waals surface area contributed by atoms with E-state index in [1.54, 1.807) is 0 Å². The zero-order valence-corrected chi connectivity index (χ0v) is 19.7. The molecule has 1 aliphatic rings. The smallest absolute Gasteiger partial charge is 0.407 e. The van der Waals surface area contributed by atoms with Crippen molar-refractivity contribution >= 4 is 18.0 Å². The average Bonchev–Trinajstić information content (AvgIpc) is 3.11. The van der Waals surface area contributed by atoms with E-state index in [-0.39, 0.29) is 19.1 Å². The maximum absolute atomic E-state index is 12.8. The number of hydrogen-bond acceptors (Lipinski definition) is 6. The van der Waals surface area contributed by atoms with Gasteiger partial charge in [0.25, 0.3) is 5.91 Å². The van der Waals surface area contributed by atoms with Crippen LogP contribution < -0.4 is 5.32 Å². The molecule has 182 valence electrons. The lowest BCUT2D eigenvalue weighted by atomic mass is 9.98. The maximum atomic E-state index is 12.8. The summed E-state index contributed by atoms with van der Waals surface area (Å²) in [6, 6.07) is 14.8. The van der Waals surface area contributed by atoms with Crippen molar-refractivity contribution in [3.05, 3.63) is 59.7 Å². The highest BCUT2D eigenvalue weighted by Gasteiger charge is 2.31. The van der Waals surface area contributed by atoms with Crippen molar-refractivity contribution in [1.29, 1.82) is 0 Å². The minimum Gasteiger partial charge on any atom is -0.479 e. The van der Waals surface area contributed by atoms with Gasteiger partial charge in [-0.1, -0.05) is 48.5 Å². The third-order valence-corrected chi connectivity index (χ3v) is 5.31. The number of nitrogens with zero attached hydrogens (tertiary/aromatic N) is 1. The maximum Gasteiger partial charge on any atom is 0.407 e. The van der Waals surface area contributed by atoms with Crippen molar-refractivity contribution in [3.8, 4) is 11.1 Å². The Hall–Kier alpha value is -3.43. The van der Waals surface area contributed by atoms with Crippen molar-refractivity contribution in [2.45, 2.75) is 38.3 Å². The van der Waals surface area contributed by atoms with Crippen molar-refractivity contribution in [1.82, 2.24) is 10.4 Å². The minimum absolute atomic E-state index is 0.0895. The zero-order valence-electron chi connectivity index (χ0n) is 19.7. The third-order valence-electron chi connectivity index (χ3n) is 5.31. The van der Waals surface area contributed by atoms with Crippen LogP contribution in [0.5, 0.6) is 0 Å². The summed E-state index contributed by atoms with van der Waals surface area (Å²) in [6.45, 7) is 4.69. The lowest BCUT2D eigenvalue weighted by Gasteiger charge is -2.27. The summed E-state index contributed by atoms with van der Waals surface area (Å²) in [4.78, 5) is 41.1. The molecule has 0 spiro atoms. The van der Waals surface area contributed by atoms with Gasteiger partial charge < -0.3 is 19.9 Å². The Morgan fingerprint density at radius 2 is 1.59 bits per heavy atom. The second kappa shape index (κ2) is 10.7. The zero-order chi connectivity index (χ0) is 24.9. The number of carboxylic acids is 1. The van der Waals surface area contributed by atoms with E-state index in [1.807, 2.05) is 69.3 Å². The molecule has 0 aromatic heterocycles. The number of benzene rings is 2. The number of amides is 2. The number of ether oxygens (including phenoxy) is 2. The van der Waals surface area contributed by atoms with E-state index in [0.29, 0.717) is 0 Å². The molecule has 0 fully saturated rings. The van der Waals surface area contributed by atoms with Gasteiger partial charge in [0.2, 0.25) is 0 Å². The summed E-state index contributed by atoms with van der Waals surface area (Å²) in [5.41, 5.74) is 3.79. The molecule has 0 bridgehead atoms. The van der Waals surface area contributed by atoms with Crippen LogP contribution in [0.1, 0.15) is 37.8 Å². The molecule has 0 unspecified atom stereocenters. The Balaban J connectivity index is 1.67. The van der Waals surface area contributed by atoms with Gasteiger partial charge in [0.15, 0.2) is 6.61 Å². The van der Waals surface area contributed by atoms with Crippen LogP contribution >= 0.6 is 0 Å². The van der Waals surface area contributed by atoms with Crippen LogP contribution in [0, 0.1) is 0 Å². The van der Waals surface area contributed by atoms with Crippen LogP contribution in [0.2, 0.25) is 0 Å². The van der Waals surface area contributed by atoms with Crippen LogP contribution in [-0.2, 0) is 23.9 Å². The fraction of sp³-hybridized carbons (Fsp3) is 0.400. The molecule has 0 heterocycles. The number of nitrogens with one attached hydrogen (secondary N) is 1. The van der Waals surface area contributed by atoms with Crippen LogP contribution in [-0.4, -0.2) is 66.7 Å². The number of hydroxylamine groups is 2. The molecule has 0 aliphatic heterocycles. The predicted octanol–water partition coefficient (Wildman–Crippen LogP) is 3.18. The van der Waals surface area contributed by atoms with Crippen molar-refractivity contribution in [2.24, 2.45) is 0 Å². The van der Waals surface area contributed by atoms with E-state index in [4.69, 9.17) is 19.4 Å². The number of carboxylic acid groups (broad SMARTS) is 1. The van der Waals surface area contributed by atoms with Crippen LogP contribution in [0.25, 0.3) is 11.1 Å². The first-order valence-corrected chi connectivity index (χ1v) is 10.9. The van der Waals surface area contributed by atoms with Crippen molar-refractivity contribution < 1.29 is 33.8 Å². The SMILES string of the molecule is CN(OCC(=O)O)C(=O)[C@H](COC(C)(C)C)NC(=O)OCC1c2ccccc2-c2ccccc21. The van der Waals surface area contributed by atoms with Gasteiger partial charge in [0.05, 0.1) is 12.2 Å². The number of alkyl carbamates (subject to hydrolysis) is 1. The Labute approximate surface area is 198 Å². The molecule has 0 radical (unpaired) electrons. The normalized spacial score (nSPS) is 13.5. The molecule has 1 aliphatic carbocycles. The number of carbonyl (C=O) groups excluding carboxylic acids is 2. The topological polar surface area (TPSA) is 114 Å². The molecule has 34 heavy (non-hydrogen) atoms. The van der Waals surface area contributed by atoms with Crippen molar-refractivity contribution in [3.63, 3.8) is 0 Å². The molecule has 2 aromatic carbocycles. The first kappa shape index (κ1) is 25.2. The number of fused-ring (bicyclic) bond motifs is 3. The molecule has 3 rings (SSSR count). The lowest BCUT2D eigenvalue weighted by molar-refractivity contribution is -0.189. The minimum atomic E-state index is -1.23. The number of hydrogen-bond donors (Lipinski definition) is 2. The van der Waals surface area contributed by atoms with Gasteiger partial charge in [-0.25, -0.2) is 14.7 Å². The number of likely N-dealkylation sites (N-methyl/N-ethyl adjacent to an activating group) is 1. The van der Waals surface area contributed by atoms with Gasteiger partial charge in [-0.15, -0.1) is 0 Å². The van der Waals surface area contributed by atoms with Gasteiger partial charge >= 0.3 is 12.1 Å². The molecule has 9 heteroatoms. The van der Waals surface area contributed by atoms with E-state index < -0.39 is 36.2 Å². The first-order valence-electron chi connectivity index (χ1n) is 10.9. The molecule has 0 saturated carbocycles. The first-order chi connectivity index (χ1) is 16.1. The predicted molar refractivity (Wildman–Crippen MR) is 124 cm³/mol. The monoisotopic (exact) mass is 470 g/mol. The summed E-state index contributed by atoms with van der Waals surface area (Å²) in [5.74, 6) is -2.02. The molecule has 2 aromatic rings. The fourth-order valence-electron chi connectivity index (χ4n) is 3.73. The van der Waals surface area contributed by atoms with Crippen LogP contribution in [0.4, 0.5) is 4.79 Å². The highest BCUT2D eigenvalue weighted by Crippen LogP contribution is 2.44. The standard InChI is InChI=1S/C25H30N2O7/c1-25(2,3)33-14-21(23(30)27(4)34-15-22(28)29)26-24(31)32-13-20-18-11-7-5-9-16(18)17-10-6-8-12-19(17)20/h5-12,20-21H,13-15H2,1-4H3,(H,26,31)(H,28,29)/t21-/m0/s1. The Kier molecular flexibility index (Phi) is 7.90. The van der Waals surface area contributed by atoms with Crippen LogP contribution in [0.3, 0.4) is 0 Å². The van der Waals surface area contributed by atoms with Gasteiger partial charge in [-0.05, 0) is 43.0 Å². The third kappa shape index (κ3) is 6.33. The van der Waals surface area contributed by atoms with E-state index in [0.717, 1.165) is 27.3 Å². The summed E-state index contributed by atoms with van der Waals surface area (Å²) in [5, 5.41) is 12.1. The summed E-state index contributed by atoms with van der Waals surface area (Å²) in [7, 11) is 1.27. The van der Waals surface area contributed by atoms with E-state index in [9.17, 15) is 14.4 Å².